The van der Waals surface area contributed by atoms with E-state index in [1.807, 2.05) is 24.3 Å². The number of carbonyl (C=O) groups excluding carboxylic acids is 1. The first-order chi connectivity index (χ1) is 12.6. The van der Waals surface area contributed by atoms with Gasteiger partial charge in [0.25, 0.3) is 0 Å². The fourth-order valence-corrected chi connectivity index (χ4v) is 3.93. The average Bonchev–Trinajstić information content (AvgIpc) is 3.08. The maximum absolute atomic E-state index is 13.2. The summed E-state index contributed by atoms with van der Waals surface area (Å²) >= 11 is 6.91. The number of pyridine rings is 2. The molecule has 3 aromatic heterocycles. The van der Waals surface area contributed by atoms with Crippen molar-refractivity contribution in [1.29, 1.82) is 0 Å². The van der Waals surface area contributed by atoms with E-state index in [4.69, 9.17) is 4.42 Å². The molecule has 3 heterocycles. The SMILES string of the molecule is O=C(c1cc2cc(Br)cc(Br)c2o1)N(c1ccccn1)c1ccccn1. The van der Waals surface area contributed by atoms with Crippen molar-refractivity contribution in [1.82, 2.24) is 9.97 Å². The number of halogens is 2. The normalized spacial score (nSPS) is 10.8. The fourth-order valence-electron chi connectivity index (χ4n) is 2.59. The van der Waals surface area contributed by atoms with Gasteiger partial charge in [0.15, 0.2) is 5.76 Å². The van der Waals surface area contributed by atoms with Gasteiger partial charge in [-0.1, -0.05) is 28.1 Å². The van der Waals surface area contributed by atoms with Crippen molar-refractivity contribution in [3.63, 3.8) is 0 Å². The van der Waals surface area contributed by atoms with E-state index in [2.05, 4.69) is 41.8 Å². The van der Waals surface area contributed by atoms with Crippen LogP contribution in [0.15, 0.2) is 80.4 Å². The number of amides is 1. The second-order valence-corrected chi connectivity index (χ2v) is 7.20. The van der Waals surface area contributed by atoms with E-state index in [0.717, 1.165) is 14.3 Å². The molecular formula is C19H11Br2N3O2. The molecule has 0 saturated heterocycles. The minimum absolute atomic E-state index is 0.204. The molecule has 4 rings (SSSR count). The highest BCUT2D eigenvalue weighted by atomic mass is 79.9. The number of hydrogen-bond donors (Lipinski definition) is 0. The summed E-state index contributed by atoms with van der Waals surface area (Å²) in [6.45, 7) is 0. The summed E-state index contributed by atoms with van der Waals surface area (Å²) in [5.74, 6) is 0.797. The highest BCUT2D eigenvalue weighted by molar-refractivity contribution is 9.11. The molecular weight excluding hydrogens is 462 g/mol. The van der Waals surface area contributed by atoms with E-state index in [-0.39, 0.29) is 11.7 Å². The van der Waals surface area contributed by atoms with Crippen molar-refractivity contribution < 1.29 is 9.21 Å². The summed E-state index contributed by atoms with van der Waals surface area (Å²) in [6.07, 6.45) is 3.26. The van der Waals surface area contributed by atoms with Crippen LogP contribution in [0.3, 0.4) is 0 Å². The number of benzene rings is 1. The molecule has 0 saturated carbocycles. The molecule has 128 valence electrons. The third-order valence-corrected chi connectivity index (χ3v) is 4.75. The van der Waals surface area contributed by atoms with E-state index in [0.29, 0.717) is 17.2 Å². The van der Waals surface area contributed by atoms with Gasteiger partial charge in [-0.2, -0.15) is 0 Å². The summed E-state index contributed by atoms with van der Waals surface area (Å²) in [5, 5.41) is 0.816. The molecule has 0 aliphatic heterocycles. The highest BCUT2D eigenvalue weighted by Gasteiger charge is 2.25. The summed E-state index contributed by atoms with van der Waals surface area (Å²) in [7, 11) is 0. The smallest absolute Gasteiger partial charge is 0.300 e. The largest absolute Gasteiger partial charge is 0.450 e. The Kier molecular flexibility index (Phi) is 4.57. The van der Waals surface area contributed by atoms with Crippen LogP contribution in [0.5, 0.6) is 0 Å². The zero-order chi connectivity index (χ0) is 18.1. The molecule has 0 N–H and O–H groups in total. The molecule has 0 bridgehead atoms. The third-order valence-electron chi connectivity index (χ3n) is 3.71. The van der Waals surface area contributed by atoms with Gasteiger partial charge in [0, 0.05) is 22.3 Å². The van der Waals surface area contributed by atoms with Crippen LogP contribution >= 0.6 is 31.9 Å². The zero-order valence-corrected chi connectivity index (χ0v) is 16.4. The number of aromatic nitrogens is 2. The van der Waals surface area contributed by atoms with Crippen LogP contribution in [-0.4, -0.2) is 15.9 Å². The summed E-state index contributed by atoms with van der Waals surface area (Å²) in [5.41, 5.74) is 0.610. The molecule has 0 atom stereocenters. The van der Waals surface area contributed by atoms with E-state index < -0.39 is 0 Å². The van der Waals surface area contributed by atoms with Gasteiger partial charge in [-0.15, -0.1) is 0 Å². The molecule has 5 nitrogen and oxygen atoms in total. The zero-order valence-electron chi connectivity index (χ0n) is 13.3. The van der Waals surface area contributed by atoms with E-state index in [9.17, 15) is 4.79 Å². The fraction of sp³-hybridized carbons (Fsp3) is 0. The molecule has 0 radical (unpaired) electrons. The average molecular weight is 473 g/mol. The van der Waals surface area contributed by atoms with Gasteiger partial charge in [0.2, 0.25) is 0 Å². The van der Waals surface area contributed by atoms with Crippen LogP contribution in [0.2, 0.25) is 0 Å². The Bertz CT molecular complexity index is 1040. The lowest BCUT2D eigenvalue weighted by Gasteiger charge is -2.19. The standard InChI is InChI=1S/C19H11Br2N3O2/c20-13-9-12-10-15(26-18(12)14(21)11-13)19(25)24(16-5-1-3-7-22-16)17-6-2-4-8-23-17/h1-11H. The van der Waals surface area contributed by atoms with Gasteiger partial charge in [-0.25, -0.2) is 14.9 Å². The molecule has 1 aromatic carbocycles. The number of rotatable bonds is 3. The number of nitrogens with zero attached hydrogens (tertiary/aromatic N) is 3. The van der Waals surface area contributed by atoms with E-state index >= 15 is 0 Å². The number of hydrogen-bond acceptors (Lipinski definition) is 4. The van der Waals surface area contributed by atoms with Crippen molar-refractivity contribution >= 4 is 60.4 Å². The lowest BCUT2D eigenvalue weighted by Crippen LogP contribution is -2.27. The molecule has 7 heteroatoms. The minimum Gasteiger partial charge on any atom is -0.450 e. The third kappa shape index (κ3) is 3.15. The van der Waals surface area contributed by atoms with Crippen LogP contribution in [0.1, 0.15) is 10.6 Å². The van der Waals surface area contributed by atoms with Crippen LogP contribution in [-0.2, 0) is 0 Å². The second-order valence-electron chi connectivity index (χ2n) is 5.43. The molecule has 0 fully saturated rings. The van der Waals surface area contributed by atoms with Crippen molar-refractivity contribution in [2.75, 3.05) is 4.90 Å². The van der Waals surface area contributed by atoms with Gasteiger partial charge >= 0.3 is 5.91 Å². The van der Waals surface area contributed by atoms with E-state index in [1.165, 1.54) is 4.90 Å². The molecule has 26 heavy (non-hydrogen) atoms. The van der Waals surface area contributed by atoms with Crippen molar-refractivity contribution in [3.8, 4) is 0 Å². The Labute approximate surface area is 165 Å². The maximum Gasteiger partial charge on any atom is 0.300 e. The first kappa shape index (κ1) is 16.9. The van der Waals surface area contributed by atoms with Crippen molar-refractivity contribution in [2.45, 2.75) is 0 Å². The Balaban J connectivity index is 1.84. The van der Waals surface area contributed by atoms with Gasteiger partial charge in [0.05, 0.1) is 4.47 Å². The van der Waals surface area contributed by atoms with Crippen LogP contribution in [0.25, 0.3) is 11.0 Å². The monoisotopic (exact) mass is 471 g/mol. The predicted molar refractivity (Wildman–Crippen MR) is 107 cm³/mol. The van der Waals surface area contributed by atoms with Gasteiger partial charge in [0.1, 0.15) is 17.2 Å². The van der Waals surface area contributed by atoms with Crippen LogP contribution < -0.4 is 4.90 Å². The highest BCUT2D eigenvalue weighted by Crippen LogP contribution is 2.32. The Morgan fingerprint density at radius 1 is 0.923 bits per heavy atom. The quantitative estimate of drug-likeness (QED) is 0.382. The second kappa shape index (κ2) is 7.01. The molecule has 1 amide bonds. The predicted octanol–water partition coefficient (Wildman–Crippen LogP) is 5.73. The molecule has 0 aliphatic carbocycles. The number of fused-ring (bicyclic) bond motifs is 1. The molecule has 0 aliphatic rings. The number of carbonyl (C=O) groups is 1. The minimum atomic E-state index is -0.346. The number of furan rings is 1. The molecule has 0 unspecified atom stereocenters. The van der Waals surface area contributed by atoms with Crippen LogP contribution in [0.4, 0.5) is 11.6 Å². The Morgan fingerprint density at radius 2 is 1.58 bits per heavy atom. The van der Waals surface area contributed by atoms with Gasteiger partial charge in [-0.3, -0.25) is 4.79 Å². The summed E-state index contributed by atoms with van der Waals surface area (Å²) < 4.78 is 7.48. The summed E-state index contributed by atoms with van der Waals surface area (Å²) in [6, 6.07) is 16.2. The number of anilines is 2. The van der Waals surface area contributed by atoms with Crippen LogP contribution in [0, 0.1) is 0 Å². The van der Waals surface area contributed by atoms with Crippen molar-refractivity contribution in [2.24, 2.45) is 0 Å². The lowest BCUT2D eigenvalue weighted by molar-refractivity contribution is 0.0973. The topological polar surface area (TPSA) is 59.2 Å². The first-order valence-corrected chi connectivity index (χ1v) is 9.27. The van der Waals surface area contributed by atoms with Crippen molar-refractivity contribution in [3.05, 3.63) is 81.7 Å². The Hall–Kier alpha value is -2.51. The molecule has 0 spiro atoms. The van der Waals surface area contributed by atoms with Gasteiger partial charge in [-0.05, 0) is 58.4 Å². The summed E-state index contributed by atoms with van der Waals surface area (Å²) in [4.78, 5) is 23.3. The lowest BCUT2D eigenvalue weighted by atomic mass is 10.2. The van der Waals surface area contributed by atoms with Gasteiger partial charge < -0.3 is 4.42 Å². The molecule has 4 aromatic rings. The van der Waals surface area contributed by atoms with E-state index in [1.54, 1.807) is 42.7 Å². The Morgan fingerprint density at radius 3 is 2.15 bits per heavy atom. The first-order valence-electron chi connectivity index (χ1n) is 7.68. The maximum atomic E-state index is 13.2.